The number of rotatable bonds is 3. The molecule has 1 fully saturated rings. The minimum absolute atomic E-state index is 0.899. The fraction of sp³-hybridized carbons (Fsp3) is 0.294. The Morgan fingerprint density at radius 1 is 1.00 bits per heavy atom. The van der Waals surface area contributed by atoms with Crippen LogP contribution in [0, 0.1) is 0 Å². The molecule has 1 aromatic carbocycles. The van der Waals surface area contributed by atoms with E-state index in [9.17, 15) is 0 Å². The summed E-state index contributed by atoms with van der Waals surface area (Å²) in [5.74, 6) is 1.91. The third-order valence-corrected chi connectivity index (χ3v) is 4.30. The van der Waals surface area contributed by atoms with Gasteiger partial charge in [-0.3, -0.25) is 0 Å². The van der Waals surface area contributed by atoms with Crippen LogP contribution in [-0.2, 0) is 0 Å². The Hall–Kier alpha value is -2.76. The predicted molar refractivity (Wildman–Crippen MR) is 90.4 cm³/mol. The van der Waals surface area contributed by atoms with E-state index in [1.165, 1.54) is 5.69 Å². The van der Waals surface area contributed by atoms with Gasteiger partial charge in [0.05, 0.1) is 13.3 Å². The fourth-order valence-corrected chi connectivity index (χ4v) is 3.07. The molecule has 4 rings (SSSR count). The van der Waals surface area contributed by atoms with Crippen molar-refractivity contribution in [3.05, 3.63) is 48.9 Å². The topological polar surface area (TPSA) is 45.9 Å². The van der Waals surface area contributed by atoms with Gasteiger partial charge >= 0.3 is 0 Å². The van der Waals surface area contributed by atoms with Crippen LogP contribution in [0.5, 0.6) is 5.75 Å². The molecule has 0 saturated carbocycles. The Bertz CT molecular complexity index is 807. The van der Waals surface area contributed by atoms with Crippen molar-refractivity contribution in [3.63, 3.8) is 0 Å². The lowest BCUT2D eigenvalue weighted by Gasteiger charge is -2.36. The SMILES string of the molecule is COc1cccc(N2CCN(c3nccn4nccc34)CC2)c1. The van der Waals surface area contributed by atoms with E-state index in [0.717, 1.165) is 43.3 Å². The molecule has 0 bridgehead atoms. The maximum Gasteiger partial charge on any atom is 0.154 e. The molecule has 3 aromatic rings. The van der Waals surface area contributed by atoms with Crippen LogP contribution in [0.25, 0.3) is 5.52 Å². The zero-order valence-electron chi connectivity index (χ0n) is 13.1. The van der Waals surface area contributed by atoms with Crippen LogP contribution in [0.4, 0.5) is 11.5 Å². The molecule has 0 amide bonds. The summed E-state index contributed by atoms with van der Waals surface area (Å²) in [5.41, 5.74) is 2.27. The minimum Gasteiger partial charge on any atom is -0.497 e. The lowest BCUT2D eigenvalue weighted by molar-refractivity contribution is 0.414. The molecule has 0 spiro atoms. The van der Waals surface area contributed by atoms with Crippen LogP contribution in [-0.4, -0.2) is 47.9 Å². The largest absolute Gasteiger partial charge is 0.497 e. The molecule has 23 heavy (non-hydrogen) atoms. The molecule has 0 unspecified atom stereocenters. The van der Waals surface area contributed by atoms with Gasteiger partial charge in [-0.2, -0.15) is 5.10 Å². The second-order valence-electron chi connectivity index (χ2n) is 5.59. The Morgan fingerprint density at radius 2 is 1.83 bits per heavy atom. The van der Waals surface area contributed by atoms with Gasteiger partial charge in [-0.15, -0.1) is 0 Å². The Balaban J connectivity index is 1.51. The molecule has 1 aliphatic heterocycles. The Kier molecular flexibility index (Phi) is 3.49. The number of aromatic nitrogens is 3. The fourth-order valence-electron chi connectivity index (χ4n) is 3.07. The first-order chi connectivity index (χ1) is 11.3. The van der Waals surface area contributed by atoms with Gasteiger partial charge in [-0.25, -0.2) is 9.50 Å². The molecule has 0 radical (unpaired) electrons. The number of hydrogen-bond donors (Lipinski definition) is 0. The van der Waals surface area contributed by atoms with Crippen molar-refractivity contribution in [1.29, 1.82) is 0 Å². The van der Waals surface area contributed by atoms with E-state index in [1.54, 1.807) is 7.11 Å². The Morgan fingerprint density at radius 3 is 2.65 bits per heavy atom. The van der Waals surface area contributed by atoms with Crippen LogP contribution < -0.4 is 14.5 Å². The first kappa shape index (κ1) is 13.9. The highest BCUT2D eigenvalue weighted by molar-refractivity contribution is 5.68. The summed E-state index contributed by atoms with van der Waals surface area (Å²) < 4.78 is 7.19. The molecule has 3 heterocycles. The zero-order valence-corrected chi connectivity index (χ0v) is 13.1. The molecular weight excluding hydrogens is 290 g/mol. The van der Waals surface area contributed by atoms with Crippen molar-refractivity contribution in [2.75, 3.05) is 43.1 Å². The molecule has 1 saturated heterocycles. The molecule has 0 atom stereocenters. The monoisotopic (exact) mass is 309 g/mol. The van der Waals surface area contributed by atoms with E-state index in [4.69, 9.17) is 4.74 Å². The number of piperazine rings is 1. The van der Waals surface area contributed by atoms with E-state index in [0.29, 0.717) is 0 Å². The maximum atomic E-state index is 5.32. The van der Waals surface area contributed by atoms with Gasteiger partial charge in [0.15, 0.2) is 5.82 Å². The second kappa shape index (κ2) is 5.79. The van der Waals surface area contributed by atoms with Gasteiger partial charge in [0, 0.05) is 50.3 Å². The van der Waals surface area contributed by atoms with Gasteiger partial charge < -0.3 is 14.5 Å². The van der Waals surface area contributed by atoms with E-state index < -0.39 is 0 Å². The van der Waals surface area contributed by atoms with Crippen molar-refractivity contribution < 1.29 is 4.74 Å². The Labute approximate surface area is 134 Å². The zero-order chi connectivity index (χ0) is 15.6. The number of hydrogen-bond acceptors (Lipinski definition) is 5. The first-order valence-corrected chi connectivity index (χ1v) is 7.77. The summed E-state index contributed by atoms with van der Waals surface area (Å²) in [6.07, 6.45) is 5.50. The lowest BCUT2D eigenvalue weighted by Crippen LogP contribution is -2.47. The number of nitrogens with zero attached hydrogens (tertiary/aromatic N) is 5. The standard InChI is InChI=1S/C17H19N5O/c1-23-15-4-2-3-14(13-15)20-9-11-21(12-10-20)17-16-5-6-19-22(16)8-7-18-17/h2-8,13H,9-12H2,1H3. The number of benzene rings is 1. The third kappa shape index (κ3) is 2.56. The summed E-state index contributed by atoms with van der Waals surface area (Å²) in [4.78, 5) is 9.27. The van der Waals surface area contributed by atoms with Crippen LogP contribution in [0.2, 0.25) is 0 Å². The average molecular weight is 309 g/mol. The van der Waals surface area contributed by atoms with Crippen molar-refractivity contribution in [1.82, 2.24) is 14.6 Å². The highest BCUT2D eigenvalue weighted by Crippen LogP contribution is 2.24. The molecule has 0 aliphatic carbocycles. The first-order valence-electron chi connectivity index (χ1n) is 7.77. The highest BCUT2D eigenvalue weighted by atomic mass is 16.5. The van der Waals surface area contributed by atoms with Crippen LogP contribution in [0.3, 0.4) is 0 Å². The second-order valence-corrected chi connectivity index (χ2v) is 5.59. The molecule has 1 aliphatic rings. The molecule has 6 nitrogen and oxygen atoms in total. The van der Waals surface area contributed by atoms with Gasteiger partial charge in [0.25, 0.3) is 0 Å². The van der Waals surface area contributed by atoms with Gasteiger partial charge in [-0.1, -0.05) is 6.07 Å². The molecule has 118 valence electrons. The average Bonchev–Trinajstić information content (AvgIpc) is 3.11. The molecular formula is C17H19N5O. The number of anilines is 2. The molecule has 6 heteroatoms. The van der Waals surface area contributed by atoms with E-state index in [-0.39, 0.29) is 0 Å². The quantitative estimate of drug-likeness (QED) is 0.741. The normalized spacial score (nSPS) is 15.2. The van der Waals surface area contributed by atoms with Crippen molar-refractivity contribution in [2.45, 2.75) is 0 Å². The number of ether oxygens (including phenoxy) is 1. The maximum absolute atomic E-state index is 5.32. The summed E-state index contributed by atoms with van der Waals surface area (Å²) in [7, 11) is 1.70. The highest BCUT2D eigenvalue weighted by Gasteiger charge is 2.20. The van der Waals surface area contributed by atoms with Crippen LogP contribution in [0.1, 0.15) is 0 Å². The van der Waals surface area contributed by atoms with Crippen LogP contribution in [0.15, 0.2) is 48.9 Å². The van der Waals surface area contributed by atoms with Gasteiger partial charge in [0.1, 0.15) is 11.3 Å². The molecule has 0 N–H and O–H groups in total. The lowest BCUT2D eigenvalue weighted by atomic mass is 10.2. The van der Waals surface area contributed by atoms with Gasteiger partial charge in [-0.05, 0) is 18.2 Å². The number of methoxy groups -OCH3 is 1. The summed E-state index contributed by atoms with van der Waals surface area (Å²) in [6.45, 7) is 3.80. The third-order valence-electron chi connectivity index (χ3n) is 4.30. The van der Waals surface area contributed by atoms with E-state index >= 15 is 0 Å². The van der Waals surface area contributed by atoms with E-state index in [1.807, 2.05) is 41.3 Å². The van der Waals surface area contributed by atoms with Crippen LogP contribution >= 0.6 is 0 Å². The smallest absolute Gasteiger partial charge is 0.154 e. The molecule has 2 aromatic heterocycles. The van der Waals surface area contributed by atoms with Crippen molar-refractivity contribution in [2.24, 2.45) is 0 Å². The van der Waals surface area contributed by atoms with Crippen molar-refractivity contribution in [3.8, 4) is 5.75 Å². The van der Waals surface area contributed by atoms with Crippen molar-refractivity contribution >= 4 is 17.0 Å². The number of fused-ring (bicyclic) bond motifs is 1. The summed E-state index contributed by atoms with van der Waals surface area (Å²) >= 11 is 0. The predicted octanol–water partition coefficient (Wildman–Crippen LogP) is 2.06. The van der Waals surface area contributed by atoms with E-state index in [2.05, 4.69) is 32.0 Å². The minimum atomic E-state index is 0.899. The summed E-state index contributed by atoms with van der Waals surface area (Å²) in [5, 5.41) is 4.28. The van der Waals surface area contributed by atoms with Gasteiger partial charge in [0.2, 0.25) is 0 Å². The summed E-state index contributed by atoms with van der Waals surface area (Å²) in [6, 6.07) is 10.2.